The zero-order chi connectivity index (χ0) is 23.5. The van der Waals surface area contributed by atoms with Crippen LogP contribution < -0.4 is 11.2 Å². The Hall–Kier alpha value is -3.30. The maximum atomic E-state index is 13.5. The zero-order valence-electron chi connectivity index (χ0n) is 18.8. The number of benzene rings is 1. The standard InChI is InChI=1S/C24H28FN5O3/c1-3-29-10-4-5-17(29)11-20-22(23(26)31)18-12-19(24(32)28-33-2)27-13-21(18)30(20)14-15-6-8-16(25)9-7-15/h6-9,12-13,17H,3-5,10-11,14H2,1-2H3,(H2,26,31)(H,28,32). The second kappa shape index (κ2) is 9.68. The van der Waals surface area contributed by atoms with Crippen LogP contribution in [-0.2, 0) is 17.8 Å². The largest absolute Gasteiger partial charge is 0.366 e. The van der Waals surface area contributed by atoms with E-state index in [9.17, 15) is 14.0 Å². The molecule has 2 amide bonds. The lowest BCUT2D eigenvalue weighted by Gasteiger charge is -2.24. The van der Waals surface area contributed by atoms with Gasteiger partial charge in [-0.1, -0.05) is 19.1 Å². The number of hydroxylamine groups is 1. The summed E-state index contributed by atoms with van der Waals surface area (Å²) in [5, 5.41) is 0.567. The molecule has 0 aliphatic carbocycles. The molecule has 9 heteroatoms. The van der Waals surface area contributed by atoms with Gasteiger partial charge in [0.05, 0.1) is 24.4 Å². The minimum absolute atomic E-state index is 0.119. The number of halogens is 1. The maximum Gasteiger partial charge on any atom is 0.293 e. The van der Waals surface area contributed by atoms with E-state index < -0.39 is 11.8 Å². The van der Waals surface area contributed by atoms with Crippen LogP contribution in [-0.4, -0.2) is 52.5 Å². The quantitative estimate of drug-likeness (QED) is 0.511. The van der Waals surface area contributed by atoms with Crippen molar-refractivity contribution in [2.75, 3.05) is 20.2 Å². The molecule has 174 valence electrons. The Kier molecular flexibility index (Phi) is 6.71. The number of likely N-dealkylation sites (tertiary alicyclic amines) is 1. The van der Waals surface area contributed by atoms with Gasteiger partial charge in [-0.25, -0.2) is 14.9 Å². The predicted octanol–water partition coefficient (Wildman–Crippen LogP) is 2.64. The van der Waals surface area contributed by atoms with E-state index in [1.807, 2.05) is 4.57 Å². The summed E-state index contributed by atoms with van der Waals surface area (Å²) in [5.74, 6) is -1.39. The summed E-state index contributed by atoms with van der Waals surface area (Å²) in [6.45, 7) is 4.50. The number of nitrogens with two attached hydrogens (primary N) is 1. The Morgan fingerprint density at radius 3 is 2.73 bits per heavy atom. The average Bonchev–Trinajstić information content (AvgIpc) is 3.37. The van der Waals surface area contributed by atoms with E-state index in [-0.39, 0.29) is 17.6 Å². The van der Waals surface area contributed by atoms with Crippen molar-refractivity contribution in [3.8, 4) is 0 Å². The molecule has 0 radical (unpaired) electrons. The van der Waals surface area contributed by atoms with Gasteiger partial charge in [0.2, 0.25) is 0 Å². The summed E-state index contributed by atoms with van der Waals surface area (Å²) < 4.78 is 15.5. The number of nitrogens with zero attached hydrogens (tertiary/aromatic N) is 3. The molecule has 0 spiro atoms. The summed E-state index contributed by atoms with van der Waals surface area (Å²) in [5.41, 5.74) is 11.0. The lowest BCUT2D eigenvalue weighted by molar-refractivity contribution is 0.0532. The minimum atomic E-state index is -0.557. The fourth-order valence-electron chi connectivity index (χ4n) is 4.77. The molecule has 0 bridgehead atoms. The second-order valence-corrected chi connectivity index (χ2v) is 8.25. The van der Waals surface area contributed by atoms with Crippen molar-refractivity contribution >= 4 is 22.7 Å². The molecule has 1 fully saturated rings. The van der Waals surface area contributed by atoms with Crippen molar-refractivity contribution in [3.63, 3.8) is 0 Å². The normalized spacial score (nSPS) is 16.4. The Labute approximate surface area is 191 Å². The molecule has 1 atom stereocenters. The molecule has 3 heterocycles. The number of aromatic nitrogens is 2. The molecule has 8 nitrogen and oxygen atoms in total. The van der Waals surface area contributed by atoms with Gasteiger partial charge in [-0.05, 0) is 49.7 Å². The van der Waals surface area contributed by atoms with Crippen molar-refractivity contribution in [3.05, 3.63) is 64.9 Å². The molecule has 2 aromatic heterocycles. The van der Waals surface area contributed by atoms with E-state index in [1.165, 1.54) is 19.2 Å². The lowest BCUT2D eigenvalue weighted by atomic mass is 10.0. The van der Waals surface area contributed by atoms with Crippen LogP contribution in [0.5, 0.6) is 0 Å². The van der Waals surface area contributed by atoms with E-state index in [1.54, 1.807) is 24.4 Å². The SMILES string of the molecule is CCN1CCCC1Cc1c(C(N)=O)c2cc(C(=O)NOC)ncc2n1Cc1ccc(F)cc1. The van der Waals surface area contributed by atoms with Crippen molar-refractivity contribution in [2.24, 2.45) is 5.73 Å². The van der Waals surface area contributed by atoms with Gasteiger partial charge in [0, 0.05) is 30.1 Å². The molecule has 1 aliphatic heterocycles. The molecule has 3 N–H and O–H groups in total. The monoisotopic (exact) mass is 453 g/mol. The van der Waals surface area contributed by atoms with Crippen LogP contribution in [0.1, 0.15) is 51.9 Å². The van der Waals surface area contributed by atoms with Crippen molar-refractivity contribution in [2.45, 2.75) is 38.8 Å². The first-order chi connectivity index (χ1) is 15.9. The Morgan fingerprint density at radius 2 is 2.06 bits per heavy atom. The first kappa shape index (κ1) is 22.9. The highest BCUT2D eigenvalue weighted by molar-refractivity contribution is 6.09. The second-order valence-electron chi connectivity index (χ2n) is 8.25. The zero-order valence-corrected chi connectivity index (χ0v) is 18.8. The van der Waals surface area contributed by atoms with Gasteiger partial charge in [0.25, 0.3) is 11.8 Å². The number of likely N-dealkylation sites (N-methyl/N-ethyl adjacent to an activating group) is 1. The molecule has 1 saturated heterocycles. The van der Waals surface area contributed by atoms with Gasteiger partial charge in [0.1, 0.15) is 11.5 Å². The smallest absolute Gasteiger partial charge is 0.293 e. The van der Waals surface area contributed by atoms with Crippen LogP contribution in [0.4, 0.5) is 4.39 Å². The molecular formula is C24H28FN5O3. The summed E-state index contributed by atoms with van der Waals surface area (Å²) in [6, 6.07) is 8.12. The maximum absolute atomic E-state index is 13.5. The third-order valence-electron chi connectivity index (χ3n) is 6.32. The molecule has 33 heavy (non-hydrogen) atoms. The van der Waals surface area contributed by atoms with Gasteiger partial charge < -0.3 is 15.2 Å². The third-order valence-corrected chi connectivity index (χ3v) is 6.32. The van der Waals surface area contributed by atoms with Gasteiger partial charge >= 0.3 is 0 Å². The highest BCUT2D eigenvalue weighted by atomic mass is 19.1. The van der Waals surface area contributed by atoms with Crippen molar-refractivity contribution < 1.29 is 18.8 Å². The summed E-state index contributed by atoms with van der Waals surface area (Å²) >= 11 is 0. The molecule has 0 saturated carbocycles. The van der Waals surface area contributed by atoms with Crippen LogP contribution in [0.15, 0.2) is 36.5 Å². The lowest BCUT2D eigenvalue weighted by Crippen LogP contribution is -2.32. The molecule has 1 aliphatic rings. The number of nitrogens with one attached hydrogen (secondary N) is 1. The Balaban J connectivity index is 1.87. The van der Waals surface area contributed by atoms with Crippen LogP contribution in [0.2, 0.25) is 0 Å². The number of carbonyl (C=O) groups excluding carboxylic acids is 2. The highest BCUT2D eigenvalue weighted by Gasteiger charge is 2.29. The predicted molar refractivity (Wildman–Crippen MR) is 122 cm³/mol. The highest BCUT2D eigenvalue weighted by Crippen LogP contribution is 2.31. The average molecular weight is 454 g/mol. The number of hydrogen-bond donors (Lipinski definition) is 2. The molecule has 1 unspecified atom stereocenters. The first-order valence-electron chi connectivity index (χ1n) is 11.1. The Morgan fingerprint density at radius 1 is 1.30 bits per heavy atom. The fourth-order valence-corrected chi connectivity index (χ4v) is 4.77. The van der Waals surface area contributed by atoms with Crippen molar-refractivity contribution in [1.82, 2.24) is 19.9 Å². The van der Waals surface area contributed by atoms with E-state index in [2.05, 4.69) is 22.3 Å². The minimum Gasteiger partial charge on any atom is -0.366 e. The molecule has 3 aromatic rings. The first-order valence-corrected chi connectivity index (χ1v) is 11.1. The molecule has 4 rings (SSSR count). The van der Waals surface area contributed by atoms with E-state index in [4.69, 9.17) is 10.6 Å². The number of pyridine rings is 1. The van der Waals surface area contributed by atoms with E-state index in [0.29, 0.717) is 29.4 Å². The van der Waals surface area contributed by atoms with E-state index >= 15 is 0 Å². The van der Waals surface area contributed by atoms with Gasteiger partial charge in [-0.2, -0.15) is 0 Å². The van der Waals surface area contributed by atoms with Crippen LogP contribution in [0.3, 0.4) is 0 Å². The number of fused-ring (bicyclic) bond motifs is 1. The number of hydrogen-bond acceptors (Lipinski definition) is 5. The van der Waals surface area contributed by atoms with Crippen molar-refractivity contribution in [1.29, 1.82) is 0 Å². The molecule has 1 aromatic carbocycles. The van der Waals surface area contributed by atoms with Gasteiger partial charge in [-0.3, -0.25) is 14.4 Å². The van der Waals surface area contributed by atoms with Gasteiger partial charge in [0.15, 0.2) is 0 Å². The van der Waals surface area contributed by atoms with Crippen LogP contribution in [0.25, 0.3) is 10.9 Å². The third kappa shape index (κ3) is 4.60. The fraction of sp³-hybridized carbons (Fsp3) is 0.375. The van der Waals surface area contributed by atoms with Crippen LogP contribution in [0, 0.1) is 5.82 Å². The summed E-state index contributed by atoms with van der Waals surface area (Å²) in [7, 11) is 1.34. The number of amides is 2. The summed E-state index contributed by atoms with van der Waals surface area (Å²) in [4.78, 5) is 36.4. The molecular weight excluding hydrogens is 425 g/mol. The summed E-state index contributed by atoms with van der Waals surface area (Å²) in [6.07, 6.45) is 4.35. The number of carbonyl (C=O) groups is 2. The Bertz CT molecular complexity index is 1180. The van der Waals surface area contributed by atoms with Crippen LogP contribution >= 0.6 is 0 Å². The van der Waals surface area contributed by atoms with E-state index in [0.717, 1.165) is 37.2 Å². The topological polar surface area (TPSA) is 102 Å². The number of primary amides is 1. The number of rotatable bonds is 8. The van der Waals surface area contributed by atoms with Gasteiger partial charge in [-0.15, -0.1) is 0 Å².